The van der Waals surface area contributed by atoms with E-state index < -0.39 is 5.41 Å². The Morgan fingerprint density at radius 1 is 1.21 bits per heavy atom. The van der Waals surface area contributed by atoms with Gasteiger partial charge in [-0.05, 0) is 18.8 Å². The Labute approximate surface area is 116 Å². The van der Waals surface area contributed by atoms with E-state index in [2.05, 4.69) is 17.6 Å². The highest BCUT2D eigenvalue weighted by Gasteiger charge is 2.22. The molecule has 19 heavy (non-hydrogen) atoms. The van der Waals surface area contributed by atoms with E-state index in [1.54, 1.807) is 0 Å². The summed E-state index contributed by atoms with van der Waals surface area (Å²) in [6, 6.07) is 0.328. The molecular formula is C15H28N2O2. The molecule has 1 rings (SSSR count). The number of amides is 2. The molecule has 4 heteroatoms. The van der Waals surface area contributed by atoms with Crippen molar-refractivity contribution in [2.45, 2.75) is 65.8 Å². The van der Waals surface area contributed by atoms with Crippen LogP contribution in [0.15, 0.2) is 0 Å². The molecule has 0 spiro atoms. The summed E-state index contributed by atoms with van der Waals surface area (Å²) in [5, 5.41) is 5.87. The predicted molar refractivity (Wildman–Crippen MR) is 76.6 cm³/mol. The smallest absolute Gasteiger partial charge is 0.225 e. The van der Waals surface area contributed by atoms with E-state index in [0.29, 0.717) is 24.9 Å². The lowest BCUT2D eigenvalue weighted by Crippen LogP contribution is -2.41. The Kier molecular flexibility index (Phi) is 5.83. The van der Waals surface area contributed by atoms with Crippen LogP contribution >= 0.6 is 0 Å². The molecule has 0 aliphatic heterocycles. The first-order valence-corrected chi connectivity index (χ1v) is 7.36. The standard InChI is InChI=1S/C15H28N2O2/c1-11-6-5-7-12(10-11)17-13(18)8-9-16-14(19)15(2,3)4/h11-12H,5-10H2,1-4H3,(H,16,19)(H,17,18). The van der Waals surface area contributed by atoms with Gasteiger partial charge in [-0.3, -0.25) is 9.59 Å². The number of rotatable bonds is 4. The topological polar surface area (TPSA) is 58.2 Å². The van der Waals surface area contributed by atoms with Crippen molar-refractivity contribution in [3.63, 3.8) is 0 Å². The minimum Gasteiger partial charge on any atom is -0.355 e. The molecule has 2 amide bonds. The van der Waals surface area contributed by atoms with Crippen LogP contribution < -0.4 is 10.6 Å². The Balaban J connectivity index is 2.19. The van der Waals surface area contributed by atoms with Crippen molar-refractivity contribution in [2.24, 2.45) is 11.3 Å². The number of carbonyl (C=O) groups excluding carboxylic acids is 2. The molecule has 0 bridgehead atoms. The molecule has 4 nitrogen and oxygen atoms in total. The number of carbonyl (C=O) groups is 2. The Bertz CT molecular complexity index is 321. The van der Waals surface area contributed by atoms with E-state index in [9.17, 15) is 9.59 Å². The Hall–Kier alpha value is -1.06. The van der Waals surface area contributed by atoms with E-state index in [1.165, 1.54) is 12.8 Å². The van der Waals surface area contributed by atoms with Crippen LogP contribution in [0.3, 0.4) is 0 Å². The number of nitrogens with one attached hydrogen (secondary N) is 2. The molecule has 1 fully saturated rings. The van der Waals surface area contributed by atoms with Crippen LogP contribution in [0.2, 0.25) is 0 Å². The summed E-state index contributed by atoms with van der Waals surface area (Å²) in [6.07, 6.45) is 5.01. The highest BCUT2D eigenvalue weighted by Crippen LogP contribution is 2.23. The molecule has 1 aliphatic rings. The second-order valence-corrected chi connectivity index (χ2v) is 6.79. The zero-order valence-corrected chi connectivity index (χ0v) is 12.7. The van der Waals surface area contributed by atoms with Gasteiger partial charge in [0.25, 0.3) is 0 Å². The van der Waals surface area contributed by atoms with Gasteiger partial charge in [0.1, 0.15) is 0 Å². The van der Waals surface area contributed by atoms with E-state index in [0.717, 1.165) is 12.8 Å². The minimum absolute atomic E-state index is 0.00779. The summed E-state index contributed by atoms with van der Waals surface area (Å²) >= 11 is 0. The molecule has 0 aromatic carbocycles. The first kappa shape index (κ1) is 16.0. The summed E-state index contributed by atoms with van der Waals surface area (Å²) in [4.78, 5) is 23.4. The molecule has 0 aromatic heterocycles. The lowest BCUT2D eigenvalue weighted by Gasteiger charge is -2.27. The molecule has 2 atom stereocenters. The van der Waals surface area contributed by atoms with Crippen molar-refractivity contribution in [1.29, 1.82) is 0 Å². The maximum Gasteiger partial charge on any atom is 0.225 e. The van der Waals surface area contributed by atoms with E-state index in [1.807, 2.05) is 20.8 Å². The molecule has 0 saturated heterocycles. The van der Waals surface area contributed by atoms with Gasteiger partial charge in [0.15, 0.2) is 0 Å². The van der Waals surface area contributed by atoms with Crippen molar-refractivity contribution in [1.82, 2.24) is 10.6 Å². The van der Waals surface area contributed by atoms with Gasteiger partial charge in [0.2, 0.25) is 11.8 Å². The summed E-state index contributed by atoms with van der Waals surface area (Å²) < 4.78 is 0. The Morgan fingerprint density at radius 3 is 2.47 bits per heavy atom. The fourth-order valence-electron chi connectivity index (χ4n) is 2.42. The second-order valence-electron chi connectivity index (χ2n) is 6.79. The lowest BCUT2D eigenvalue weighted by atomic mass is 9.87. The van der Waals surface area contributed by atoms with E-state index in [-0.39, 0.29) is 11.8 Å². The maximum atomic E-state index is 11.8. The van der Waals surface area contributed by atoms with Crippen molar-refractivity contribution in [3.05, 3.63) is 0 Å². The van der Waals surface area contributed by atoms with Crippen LogP contribution in [0.5, 0.6) is 0 Å². The fraction of sp³-hybridized carbons (Fsp3) is 0.867. The fourth-order valence-corrected chi connectivity index (χ4v) is 2.42. The highest BCUT2D eigenvalue weighted by atomic mass is 16.2. The van der Waals surface area contributed by atoms with Gasteiger partial charge >= 0.3 is 0 Å². The number of hydrogen-bond donors (Lipinski definition) is 2. The highest BCUT2D eigenvalue weighted by molar-refractivity contribution is 5.82. The van der Waals surface area contributed by atoms with Crippen molar-refractivity contribution in [2.75, 3.05) is 6.54 Å². The van der Waals surface area contributed by atoms with Crippen molar-refractivity contribution in [3.8, 4) is 0 Å². The molecule has 0 radical (unpaired) electrons. The average molecular weight is 268 g/mol. The summed E-state index contributed by atoms with van der Waals surface area (Å²) in [5.41, 5.74) is -0.394. The first-order valence-electron chi connectivity index (χ1n) is 7.36. The van der Waals surface area contributed by atoms with Gasteiger partial charge in [-0.15, -0.1) is 0 Å². The number of hydrogen-bond acceptors (Lipinski definition) is 2. The van der Waals surface area contributed by atoms with Gasteiger partial charge in [-0.2, -0.15) is 0 Å². The summed E-state index contributed by atoms with van der Waals surface area (Å²) in [5.74, 6) is 0.750. The van der Waals surface area contributed by atoms with Crippen LogP contribution in [-0.4, -0.2) is 24.4 Å². The third-order valence-corrected chi connectivity index (χ3v) is 3.62. The maximum absolute atomic E-state index is 11.8. The van der Waals surface area contributed by atoms with Crippen LogP contribution in [0, 0.1) is 11.3 Å². The van der Waals surface area contributed by atoms with Gasteiger partial charge in [0, 0.05) is 24.4 Å². The van der Waals surface area contributed by atoms with Crippen LogP contribution in [0.1, 0.15) is 59.8 Å². The van der Waals surface area contributed by atoms with Crippen LogP contribution in [0.4, 0.5) is 0 Å². The SMILES string of the molecule is CC1CCCC(NC(=O)CCNC(=O)C(C)(C)C)C1. The van der Waals surface area contributed by atoms with Crippen molar-refractivity contribution >= 4 is 11.8 Å². The largest absolute Gasteiger partial charge is 0.355 e. The molecule has 1 aliphatic carbocycles. The molecule has 0 aromatic rings. The van der Waals surface area contributed by atoms with Gasteiger partial charge < -0.3 is 10.6 Å². The summed E-state index contributed by atoms with van der Waals surface area (Å²) in [6.45, 7) is 8.26. The average Bonchev–Trinajstić information content (AvgIpc) is 2.27. The summed E-state index contributed by atoms with van der Waals surface area (Å²) in [7, 11) is 0. The van der Waals surface area contributed by atoms with Gasteiger partial charge in [-0.25, -0.2) is 0 Å². The zero-order valence-electron chi connectivity index (χ0n) is 12.7. The lowest BCUT2D eigenvalue weighted by molar-refractivity contribution is -0.128. The molecular weight excluding hydrogens is 240 g/mol. The quantitative estimate of drug-likeness (QED) is 0.821. The molecule has 0 heterocycles. The molecule has 110 valence electrons. The minimum atomic E-state index is -0.394. The molecule has 2 unspecified atom stereocenters. The molecule has 2 N–H and O–H groups in total. The van der Waals surface area contributed by atoms with E-state index >= 15 is 0 Å². The molecule has 1 saturated carbocycles. The zero-order chi connectivity index (χ0) is 14.5. The van der Waals surface area contributed by atoms with Gasteiger partial charge in [-0.1, -0.05) is 40.5 Å². The first-order chi connectivity index (χ1) is 8.79. The predicted octanol–water partition coefficient (Wildman–Crippen LogP) is 2.23. The van der Waals surface area contributed by atoms with Gasteiger partial charge in [0.05, 0.1) is 0 Å². The van der Waals surface area contributed by atoms with Crippen LogP contribution in [-0.2, 0) is 9.59 Å². The van der Waals surface area contributed by atoms with Crippen LogP contribution in [0.25, 0.3) is 0 Å². The monoisotopic (exact) mass is 268 g/mol. The second kappa shape index (κ2) is 6.92. The third-order valence-electron chi connectivity index (χ3n) is 3.62. The normalized spacial score (nSPS) is 23.8. The third kappa shape index (κ3) is 6.08. The van der Waals surface area contributed by atoms with E-state index in [4.69, 9.17) is 0 Å². The Morgan fingerprint density at radius 2 is 1.89 bits per heavy atom. The van der Waals surface area contributed by atoms with Crippen molar-refractivity contribution < 1.29 is 9.59 Å².